The summed E-state index contributed by atoms with van der Waals surface area (Å²) < 4.78 is 14.8. The lowest BCUT2D eigenvalue weighted by Crippen LogP contribution is -2.30. The van der Waals surface area contributed by atoms with Gasteiger partial charge in [-0.05, 0) is 61.7 Å². The highest BCUT2D eigenvalue weighted by Gasteiger charge is 2.30. The van der Waals surface area contributed by atoms with Gasteiger partial charge in [-0.25, -0.2) is 9.18 Å². The number of nitrogens with zero attached hydrogens (tertiary/aromatic N) is 2. The molecule has 1 aliphatic rings. The number of hydrogen-bond acceptors (Lipinski definition) is 2. The summed E-state index contributed by atoms with van der Waals surface area (Å²) in [5.74, 6) is -0.327. The largest absolute Gasteiger partial charge is 0.332 e. The van der Waals surface area contributed by atoms with E-state index in [4.69, 9.17) is 0 Å². The number of halogens is 1. The van der Waals surface area contributed by atoms with Gasteiger partial charge in [0.15, 0.2) is 0 Å². The lowest BCUT2D eigenvalue weighted by atomic mass is 10.0. The molecule has 0 aliphatic carbocycles. The number of likely N-dealkylation sites (tertiary alicyclic amines) is 1. The lowest BCUT2D eigenvalue weighted by molar-refractivity contribution is 0.0735. The molecule has 0 bridgehead atoms. The second-order valence-electron chi connectivity index (χ2n) is 6.83. The Morgan fingerprint density at radius 2 is 1.81 bits per heavy atom. The molecule has 1 aromatic heterocycles. The minimum Gasteiger partial charge on any atom is -0.332 e. The number of aryl methyl sites for hydroxylation is 1. The van der Waals surface area contributed by atoms with E-state index in [1.165, 1.54) is 12.1 Å². The highest BCUT2D eigenvalue weighted by Crippen LogP contribution is 2.33. The first kappa shape index (κ1) is 17.3. The first-order valence-electron chi connectivity index (χ1n) is 8.98. The van der Waals surface area contributed by atoms with Crippen molar-refractivity contribution in [3.63, 3.8) is 0 Å². The van der Waals surface area contributed by atoms with Gasteiger partial charge in [0.25, 0.3) is 5.91 Å². The van der Waals surface area contributed by atoms with E-state index in [0.29, 0.717) is 17.8 Å². The molecule has 0 radical (unpaired) electrons. The Bertz CT molecular complexity index is 1020. The number of benzene rings is 2. The number of hydrogen-bond donors (Lipinski definition) is 1. The van der Waals surface area contributed by atoms with Gasteiger partial charge in [-0.15, -0.1) is 0 Å². The number of carbonyl (C=O) groups is 1. The van der Waals surface area contributed by atoms with Crippen molar-refractivity contribution in [2.75, 3.05) is 6.54 Å². The fourth-order valence-corrected chi connectivity index (χ4v) is 3.74. The van der Waals surface area contributed by atoms with Crippen molar-refractivity contribution in [2.45, 2.75) is 25.8 Å². The van der Waals surface area contributed by atoms with Crippen molar-refractivity contribution in [3.05, 3.63) is 87.9 Å². The smallest absolute Gasteiger partial charge is 0.330 e. The number of aromatic nitrogens is 2. The summed E-state index contributed by atoms with van der Waals surface area (Å²) in [6.45, 7) is 2.52. The minimum absolute atomic E-state index is 0.0349. The first-order chi connectivity index (χ1) is 13.0. The van der Waals surface area contributed by atoms with Crippen LogP contribution in [0.4, 0.5) is 4.39 Å². The molecule has 138 valence electrons. The van der Waals surface area contributed by atoms with Gasteiger partial charge in [0.2, 0.25) is 0 Å². The highest BCUT2D eigenvalue weighted by molar-refractivity contribution is 5.94. The van der Waals surface area contributed by atoms with Gasteiger partial charge in [-0.3, -0.25) is 9.36 Å². The predicted molar refractivity (Wildman–Crippen MR) is 101 cm³/mol. The van der Waals surface area contributed by atoms with Crippen LogP contribution in [0.2, 0.25) is 0 Å². The SMILES string of the molecule is Cc1c[nH]c(=O)n1-c1ccc(C(=O)N2CCCC2c2ccc(F)cc2)cc1. The summed E-state index contributed by atoms with van der Waals surface area (Å²) >= 11 is 0. The normalized spacial score (nSPS) is 16.7. The molecule has 0 saturated carbocycles. The quantitative estimate of drug-likeness (QED) is 0.771. The Labute approximate surface area is 156 Å². The molecule has 4 rings (SSSR count). The van der Waals surface area contributed by atoms with E-state index in [-0.39, 0.29) is 23.5 Å². The van der Waals surface area contributed by atoms with Crippen molar-refractivity contribution in [2.24, 2.45) is 0 Å². The molecule has 2 aromatic carbocycles. The molecule has 6 heteroatoms. The Hall–Kier alpha value is -3.15. The average molecular weight is 365 g/mol. The molecule has 1 fully saturated rings. The standard InChI is InChI=1S/C21H20FN3O2/c1-14-13-23-21(27)25(14)18-10-6-16(7-11-18)20(26)24-12-2-3-19(24)15-4-8-17(22)9-5-15/h4-11,13,19H,2-3,12H2,1H3,(H,23,27). The van der Waals surface area contributed by atoms with E-state index in [9.17, 15) is 14.0 Å². The van der Waals surface area contributed by atoms with E-state index in [1.807, 2.05) is 11.8 Å². The van der Waals surface area contributed by atoms with Crippen LogP contribution >= 0.6 is 0 Å². The van der Waals surface area contributed by atoms with Gasteiger partial charge in [0, 0.05) is 24.0 Å². The number of nitrogens with one attached hydrogen (secondary N) is 1. The molecule has 1 saturated heterocycles. The molecule has 27 heavy (non-hydrogen) atoms. The summed E-state index contributed by atoms with van der Waals surface area (Å²) in [5.41, 5.74) is 2.84. The highest BCUT2D eigenvalue weighted by atomic mass is 19.1. The molecule has 0 spiro atoms. The van der Waals surface area contributed by atoms with E-state index in [2.05, 4.69) is 4.98 Å². The minimum atomic E-state index is -0.277. The molecule has 5 nitrogen and oxygen atoms in total. The van der Waals surface area contributed by atoms with Crippen LogP contribution in [0, 0.1) is 12.7 Å². The van der Waals surface area contributed by atoms with Gasteiger partial charge < -0.3 is 9.88 Å². The summed E-state index contributed by atoms with van der Waals surface area (Å²) in [5, 5.41) is 0. The van der Waals surface area contributed by atoms with E-state index < -0.39 is 0 Å². The van der Waals surface area contributed by atoms with Crippen LogP contribution in [0.25, 0.3) is 5.69 Å². The summed E-state index contributed by atoms with van der Waals surface area (Å²) in [7, 11) is 0. The number of imidazole rings is 1. The number of rotatable bonds is 3. The zero-order chi connectivity index (χ0) is 19.0. The molecular formula is C21H20FN3O2. The number of carbonyl (C=O) groups excluding carboxylic acids is 1. The molecule has 2 heterocycles. The van der Waals surface area contributed by atoms with Crippen LogP contribution in [0.5, 0.6) is 0 Å². The third-order valence-electron chi connectivity index (χ3n) is 5.10. The van der Waals surface area contributed by atoms with Gasteiger partial charge in [-0.1, -0.05) is 12.1 Å². The monoisotopic (exact) mass is 365 g/mol. The lowest BCUT2D eigenvalue weighted by Gasteiger charge is -2.25. The molecule has 3 aromatic rings. The summed E-state index contributed by atoms with van der Waals surface area (Å²) in [4.78, 5) is 29.4. The molecule has 1 atom stereocenters. The second kappa shape index (κ2) is 6.87. The van der Waals surface area contributed by atoms with E-state index >= 15 is 0 Å². The van der Waals surface area contributed by atoms with Crippen LogP contribution in [-0.4, -0.2) is 26.9 Å². The van der Waals surface area contributed by atoms with Crippen molar-refractivity contribution < 1.29 is 9.18 Å². The summed E-state index contributed by atoms with van der Waals surface area (Å²) in [6.07, 6.45) is 3.44. The first-order valence-corrected chi connectivity index (χ1v) is 8.98. The molecular weight excluding hydrogens is 345 g/mol. The molecule has 1 amide bonds. The molecule has 1 N–H and O–H groups in total. The zero-order valence-electron chi connectivity index (χ0n) is 15.0. The van der Waals surface area contributed by atoms with Gasteiger partial charge in [0.05, 0.1) is 11.7 Å². The Balaban J connectivity index is 1.59. The zero-order valence-corrected chi connectivity index (χ0v) is 15.0. The Morgan fingerprint density at radius 3 is 2.44 bits per heavy atom. The van der Waals surface area contributed by atoms with Crippen LogP contribution in [-0.2, 0) is 0 Å². The topological polar surface area (TPSA) is 58.1 Å². The van der Waals surface area contributed by atoms with E-state index in [0.717, 1.165) is 24.1 Å². The van der Waals surface area contributed by atoms with Crippen LogP contribution < -0.4 is 5.69 Å². The third kappa shape index (κ3) is 3.18. The van der Waals surface area contributed by atoms with Crippen molar-refractivity contribution in [3.8, 4) is 5.69 Å². The van der Waals surface area contributed by atoms with Gasteiger partial charge in [-0.2, -0.15) is 0 Å². The van der Waals surface area contributed by atoms with Crippen molar-refractivity contribution >= 4 is 5.91 Å². The summed E-state index contributed by atoms with van der Waals surface area (Å²) in [6, 6.07) is 13.4. The fourth-order valence-electron chi connectivity index (χ4n) is 3.74. The van der Waals surface area contributed by atoms with Crippen LogP contribution in [0.3, 0.4) is 0 Å². The predicted octanol–water partition coefficient (Wildman–Crippen LogP) is 3.59. The van der Waals surface area contributed by atoms with Gasteiger partial charge in [0.1, 0.15) is 5.82 Å². The second-order valence-corrected chi connectivity index (χ2v) is 6.83. The Morgan fingerprint density at radius 1 is 1.11 bits per heavy atom. The van der Waals surface area contributed by atoms with Gasteiger partial charge >= 0.3 is 5.69 Å². The maximum Gasteiger partial charge on any atom is 0.330 e. The number of amides is 1. The maximum atomic E-state index is 13.2. The fraction of sp³-hybridized carbons (Fsp3) is 0.238. The average Bonchev–Trinajstić information content (AvgIpc) is 3.29. The number of aromatic amines is 1. The van der Waals surface area contributed by atoms with Crippen LogP contribution in [0.15, 0.2) is 59.5 Å². The third-order valence-corrected chi connectivity index (χ3v) is 5.10. The molecule has 1 aliphatic heterocycles. The van der Waals surface area contributed by atoms with Crippen LogP contribution in [0.1, 0.15) is 40.5 Å². The number of H-pyrrole nitrogens is 1. The van der Waals surface area contributed by atoms with E-state index in [1.54, 1.807) is 47.2 Å². The van der Waals surface area contributed by atoms with Crippen molar-refractivity contribution in [1.29, 1.82) is 0 Å². The molecule has 1 unspecified atom stereocenters. The Kier molecular flexibility index (Phi) is 4.39. The maximum absolute atomic E-state index is 13.2. The van der Waals surface area contributed by atoms with Crippen molar-refractivity contribution in [1.82, 2.24) is 14.5 Å².